The molecule has 11 heteroatoms. The van der Waals surface area contributed by atoms with Gasteiger partial charge in [0.25, 0.3) is 0 Å². The number of amides is 1. The zero-order valence-corrected chi connectivity index (χ0v) is 22.1. The fourth-order valence-corrected chi connectivity index (χ4v) is 6.00. The van der Waals surface area contributed by atoms with Gasteiger partial charge in [-0.1, -0.05) is 35.9 Å². The Balaban J connectivity index is 1.26. The van der Waals surface area contributed by atoms with Crippen molar-refractivity contribution in [1.29, 1.82) is 0 Å². The molecule has 0 bridgehead atoms. The summed E-state index contributed by atoms with van der Waals surface area (Å²) in [7, 11) is -4.10. The molecule has 0 unspecified atom stereocenters. The highest BCUT2D eigenvalue weighted by Gasteiger charge is 2.30. The predicted molar refractivity (Wildman–Crippen MR) is 140 cm³/mol. The number of rotatable bonds is 8. The van der Waals surface area contributed by atoms with Crippen LogP contribution in [0.1, 0.15) is 11.1 Å². The van der Waals surface area contributed by atoms with E-state index in [-0.39, 0.29) is 29.7 Å². The smallest absolute Gasteiger partial charge is 0.243 e. The molecule has 0 atom stereocenters. The summed E-state index contributed by atoms with van der Waals surface area (Å²) in [6.07, 6.45) is 0. The van der Waals surface area contributed by atoms with Crippen molar-refractivity contribution in [2.24, 2.45) is 0 Å². The Kier molecular flexibility index (Phi) is 7.85. The van der Waals surface area contributed by atoms with Crippen LogP contribution in [0.3, 0.4) is 0 Å². The van der Waals surface area contributed by atoms with Gasteiger partial charge in [0.2, 0.25) is 22.7 Å². The maximum Gasteiger partial charge on any atom is 0.243 e. The average Bonchev–Trinajstić information content (AvgIpc) is 3.38. The van der Waals surface area contributed by atoms with Gasteiger partial charge in [-0.2, -0.15) is 4.31 Å². The minimum absolute atomic E-state index is 0.0143. The van der Waals surface area contributed by atoms with Crippen molar-refractivity contribution in [3.05, 3.63) is 88.7 Å². The maximum atomic E-state index is 14.4. The second kappa shape index (κ2) is 11.3. The van der Waals surface area contributed by atoms with E-state index in [1.54, 1.807) is 11.0 Å². The topological polar surface area (TPSA) is 79.4 Å². The lowest BCUT2D eigenvalue weighted by Crippen LogP contribution is -2.51. The van der Waals surface area contributed by atoms with E-state index in [1.807, 2.05) is 18.2 Å². The van der Waals surface area contributed by atoms with E-state index >= 15 is 0 Å². The Morgan fingerprint density at radius 1 is 0.947 bits per heavy atom. The molecule has 0 radical (unpaired) electrons. The molecular weight excluding hydrogens is 533 g/mol. The number of carbonyl (C=O) groups is 1. The molecule has 3 aromatic rings. The first-order valence-corrected chi connectivity index (χ1v) is 14.0. The lowest BCUT2D eigenvalue weighted by molar-refractivity contribution is -0.133. The van der Waals surface area contributed by atoms with Crippen molar-refractivity contribution in [3.63, 3.8) is 0 Å². The highest BCUT2D eigenvalue weighted by Crippen LogP contribution is 2.33. The van der Waals surface area contributed by atoms with Gasteiger partial charge in [0.15, 0.2) is 11.5 Å². The molecule has 3 aromatic carbocycles. The van der Waals surface area contributed by atoms with Crippen LogP contribution >= 0.6 is 11.6 Å². The second-order valence-corrected chi connectivity index (χ2v) is 11.5. The number of hydrogen-bond acceptors (Lipinski definition) is 6. The van der Waals surface area contributed by atoms with Gasteiger partial charge in [-0.25, -0.2) is 12.8 Å². The molecule has 1 amide bonds. The van der Waals surface area contributed by atoms with Crippen LogP contribution < -0.4 is 9.47 Å². The number of piperazine rings is 1. The summed E-state index contributed by atoms with van der Waals surface area (Å²) >= 11 is 5.93. The van der Waals surface area contributed by atoms with Crippen LogP contribution in [-0.2, 0) is 27.9 Å². The Labute approximate surface area is 226 Å². The number of ether oxygens (including phenoxy) is 2. The van der Waals surface area contributed by atoms with Crippen molar-refractivity contribution in [2.45, 2.75) is 18.0 Å². The number of carbonyl (C=O) groups excluding carboxylic acids is 1. The van der Waals surface area contributed by atoms with E-state index in [2.05, 4.69) is 4.90 Å². The third kappa shape index (κ3) is 5.94. The van der Waals surface area contributed by atoms with Gasteiger partial charge in [0.05, 0.1) is 11.4 Å². The van der Waals surface area contributed by atoms with Crippen molar-refractivity contribution in [1.82, 2.24) is 14.1 Å². The van der Waals surface area contributed by atoms with Crippen molar-refractivity contribution >= 4 is 27.5 Å². The fourth-order valence-electron chi connectivity index (χ4n) is 4.50. The summed E-state index contributed by atoms with van der Waals surface area (Å²) in [5.41, 5.74) is 1.27. The van der Waals surface area contributed by atoms with Gasteiger partial charge in [-0.05, 0) is 48.0 Å². The van der Waals surface area contributed by atoms with Gasteiger partial charge >= 0.3 is 0 Å². The second-order valence-electron chi connectivity index (χ2n) is 9.16. The Bertz CT molecular complexity index is 1410. The lowest BCUT2D eigenvalue weighted by Gasteiger charge is -2.35. The number of hydrogen-bond donors (Lipinski definition) is 0. The standard InChI is InChI=1S/C27H27ClFN3O5S/c28-22-6-8-23(9-7-22)38(34,35)32(17-21-3-1-2-4-24(21)29)18-27(33)31-13-11-30(12-14-31)16-20-5-10-25-26(15-20)37-19-36-25/h1-10,15H,11-14,16-19H2. The third-order valence-electron chi connectivity index (χ3n) is 6.64. The zero-order chi connectivity index (χ0) is 26.7. The summed E-state index contributed by atoms with van der Waals surface area (Å²) < 4.78 is 53.2. The van der Waals surface area contributed by atoms with E-state index in [0.29, 0.717) is 37.7 Å². The summed E-state index contributed by atoms with van der Waals surface area (Å²) in [6, 6.07) is 17.5. The highest BCUT2D eigenvalue weighted by atomic mass is 35.5. The SMILES string of the molecule is O=C(CN(Cc1ccccc1F)S(=O)(=O)c1ccc(Cl)cc1)N1CCN(Cc2ccc3c(c2)OCO3)CC1. The monoisotopic (exact) mass is 559 g/mol. The molecule has 8 nitrogen and oxygen atoms in total. The van der Waals surface area contributed by atoms with Crippen LogP contribution in [0.15, 0.2) is 71.6 Å². The molecule has 38 heavy (non-hydrogen) atoms. The van der Waals surface area contributed by atoms with Crippen LogP contribution in [0.25, 0.3) is 0 Å². The molecule has 0 aliphatic carbocycles. The number of fused-ring (bicyclic) bond motifs is 1. The van der Waals surface area contributed by atoms with Crippen molar-refractivity contribution < 1.29 is 27.1 Å². The number of nitrogens with zero attached hydrogens (tertiary/aromatic N) is 3. The van der Waals surface area contributed by atoms with E-state index in [1.165, 1.54) is 42.5 Å². The van der Waals surface area contributed by atoms with Crippen molar-refractivity contribution in [2.75, 3.05) is 39.5 Å². The first-order valence-electron chi connectivity index (χ1n) is 12.2. The Morgan fingerprint density at radius 2 is 1.66 bits per heavy atom. The van der Waals surface area contributed by atoms with E-state index in [9.17, 15) is 17.6 Å². The Morgan fingerprint density at radius 3 is 2.39 bits per heavy atom. The first-order chi connectivity index (χ1) is 18.3. The fraction of sp³-hybridized carbons (Fsp3) is 0.296. The van der Waals surface area contributed by atoms with Gasteiger partial charge < -0.3 is 14.4 Å². The van der Waals surface area contributed by atoms with Crippen LogP contribution in [0.5, 0.6) is 11.5 Å². The molecule has 0 N–H and O–H groups in total. The zero-order valence-electron chi connectivity index (χ0n) is 20.6. The molecule has 2 heterocycles. The molecule has 2 aliphatic rings. The molecule has 1 saturated heterocycles. The molecule has 5 rings (SSSR count). The molecule has 0 spiro atoms. The largest absolute Gasteiger partial charge is 0.454 e. The lowest BCUT2D eigenvalue weighted by atomic mass is 10.1. The molecule has 2 aliphatic heterocycles. The minimum Gasteiger partial charge on any atom is -0.454 e. The highest BCUT2D eigenvalue weighted by molar-refractivity contribution is 7.89. The van der Waals surface area contributed by atoms with Gasteiger partial charge in [0.1, 0.15) is 5.82 Å². The van der Waals surface area contributed by atoms with Crippen LogP contribution in [0, 0.1) is 5.82 Å². The molecular formula is C27H27ClFN3O5S. The summed E-state index contributed by atoms with van der Waals surface area (Å²) in [4.78, 5) is 17.1. The summed E-state index contributed by atoms with van der Waals surface area (Å²) in [6.45, 7) is 2.43. The molecule has 0 aromatic heterocycles. The first kappa shape index (κ1) is 26.4. The van der Waals surface area contributed by atoms with Gasteiger partial charge in [0, 0.05) is 49.9 Å². The predicted octanol–water partition coefficient (Wildman–Crippen LogP) is 3.74. The normalized spacial score (nSPS) is 15.7. The average molecular weight is 560 g/mol. The van der Waals surface area contributed by atoms with Gasteiger partial charge in [-0.3, -0.25) is 9.69 Å². The third-order valence-corrected chi connectivity index (χ3v) is 8.69. The summed E-state index contributed by atoms with van der Waals surface area (Å²) in [5.74, 6) is 0.598. The maximum absolute atomic E-state index is 14.4. The van der Waals surface area contributed by atoms with E-state index in [0.717, 1.165) is 21.4 Å². The van der Waals surface area contributed by atoms with Crippen LogP contribution in [0.4, 0.5) is 4.39 Å². The van der Waals surface area contributed by atoms with Crippen molar-refractivity contribution in [3.8, 4) is 11.5 Å². The number of halogens is 2. The summed E-state index contributed by atoms with van der Waals surface area (Å²) in [5, 5.41) is 0.388. The molecule has 200 valence electrons. The van der Waals surface area contributed by atoms with E-state index < -0.39 is 22.4 Å². The van der Waals surface area contributed by atoms with Crippen LogP contribution in [-0.4, -0.2) is 67.9 Å². The van der Waals surface area contributed by atoms with Gasteiger partial charge in [-0.15, -0.1) is 0 Å². The quantitative estimate of drug-likeness (QED) is 0.418. The van der Waals surface area contributed by atoms with E-state index in [4.69, 9.17) is 21.1 Å². The molecule has 0 saturated carbocycles. The minimum atomic E-state index is -4.10. The Hall–Kier alpha value is -3.18. The number of sulfonamides is 1. The molecule has 1 fully saturated rings. The number of benzene rings is 3. The van der Waals surface area contributed by atoms with Crippen LogP contribution in [0.2, 0.25) is 5.02 Å².